The Hall–Kier alpha value is -2.47. The molecule has 0 saturated heterocycles. The molecule has 1 aliphatic carbocycles. The van der Waals surface area contributed by atoms with E-state index in [0.29, 0.717) is 6.54 Å². The maximum Gasteiger partial charge on any atom is 0.267 e. The molecule has 2 aliphatic rings. The maximum atomic E-state index is 11.0. The minimum absolute atomic E-state index is 0.0239. The van der Waals surface area contributed by atoms with E-state index in [1.165, 1.54) is 0 Å². The van der Waals surface area contributed by atoms with Crippen molar-refractivity contribution >= 4 is 11.4 Å². The van der Waals surface area contributed by atoms with Gasteiger partial charge in [0, 0.05) is 35.9 Å². The molecule has 1 aromatic carbocycles. The Morgan fingerprint density at radius 2 is 2.13 bits per heavy atom. The number of hydrogen-bond acceptors (Lipinski definition) is 5. The van der Waals surface area contributed by atoms with Crippen LogP contribution in [0, 0.1) is 16.0 Å². The number of allylic oxidation sites excluding steroid dienone is 1. The fraction of sp³-hybridized carbons (Fsp3) is 0.353. The second-order valence-corrected chi connectivity index (χ2v) is 6.02. The second kappa shape index (κ2) is 6.34. The number of nitrogens with one attached hydrogen (secondary N) is 1. The van der Waals surface area contributed by atoms with Crippen LogP contribution in [0.15, 0.2) is 53.2 Å². The summed E-state index contributed by atoms with van der Waals surface area (Å²) >= 11 is 0. The van der Waals surface area contributed by atoms with E-state index in [-0.39, 0.29) is 22.6 Å². The van der Waals surface area contributed by atoms with E-state index in [9.17, 15) is 10.1 Å². The molecule has 1 aromatic rings. The molecule has 0 radical (unpaired) electrons. The molecular formula is C17H20N4O2. The number of fused-ring (bicyclic) bond motifs is 2. The van der Waals surface area contributed by atoms with Crippen molar-refractivity contribution in [3.8, 4) is 0 Å². The smallest absolute Gasteiger partial charge is 0.267 e. The lowest BCUT2D eigenvalue weighted by Crippen LogP contribution is -2.39. The first kappa shape index (κ1) is 15.4. The number of nitro groups is 1. The summed E-state index contributed by atoms with van der Waals surface area (Å²) in [5, 5.41) is 14.4. The summed E-state index contributed by atoms with van der Waals surface area (Å²) in [5.41, 5.74) is 3.19. The average molecular weight is 312 g/mol. The van der Waals surface area contributed by atoms with E-state index in [1.54, 1.807) is 12.2 Å². The Morgan fingerprint density at radius 3 is 2.87 bits per heavy atom. The lowest BCUT2D eigenvalue weighted by Gasteiger charge is -2.34. The number of nitrogens with zero attached hydrogens (tertiary/aromatic N) is 3. The van der Waals surface area contributed by atoms with Crippen molar-refractivity contribution in [2.45, 2.75) is 6.04 Å². The number of likely N-dealkylation sites (N-methyl/N-ethyl adjacent to an activating group) is 1. The van der Waals surface area contributed by atoms with E-state index in [1.807, 2.05) is 44.4 Å². The first-order valence-corrected chi connectivity index (χ1v) is 7.65. The molecule has 0 spiro atoms. The molecule has 2 atom stereocenters. The highest BCUT2D eigenvalue weighted by molar-refractivity contribution is 6.10. The molecule has 1 N–H and O–H groups in total. The van der Waals surface area contributed by atoms with Gasteiger partial charge in [-0.15, -0.1) is 0 Å². The van der Waals surface area contributed by atoms with Crippen LogP contribution in [0.5, 0.6) is 0 Å². The minimum atomic E-state index is -0.349. The van der Waals surface area contributed by atoms with Crippen molar-refractivity contribution in [1.29, 1.82) is 0 Å². The number of rotatable bonds is 4. The highest BCUT2D eigenvalue weighted by atomic mass is 16.6. The van der Waals surface area contributed by atoms with E-state index in [4.69, 9.17) is 4.99 Å². The summed E-state index contributed by atoms with van der Waals surface area (Å²) in [6.45, 7) is 1.58. The predicted molar refractivity (Wildman–Crippen MR) is 91.5 cm³/mol. The summed E-state index contributed by atoms with van der Waals surface area (Å²) in [4.78, 5) is 17.6. The Balaban J connectivity index is 1.97. The molecule has 2 unspecified atom stereocenters. The summed E-state index contributed by atoms with van der Waals surface area (Å²) in [7, 11) is 4.04. The summed E-state index contributed by atoms with van der Waals surface area (Å²) in [6.07, 6.45) is 5.15. The topological polar surface area (TPSA) is 70.8 Å². The highest BCUT2D eigenvalue weighted by Crippen LogP contribution is 2.33. The Bertz CT molecular complexity index is 706. The quantitative estimate of drug-likeness (QED) is 0.683. The zero-order valence-electron chi connectivity index (χ0n) is 13.3. The first-order valence-electron chi connectivity index (χ1n) is 7.65. The van der Waals surface area contributed by atoms with Gasteiger partial charge in [0.1, 0.15) is 0 Å². The van der Waals surface area contributed by atoms with Crippen LogP contribution in [-0.2, 0) is 0 Å². The average Bonchev–Trinajstić information content (AvgIpc) is 2.53. The molecule has 3 rings (SSSR count). The van der Waals surface area contributed by atoms with Gasteiger partial charge >= 0.3 is 0 Å². The van der Waals surface area contributed by atoms with Crippen molar-refractivity contribution in [1.82, 2.24) is 4.90 Å². The molecule has 0 amide bonds. The zero-order valence-corrected chi connectivity index (χ0v) is 13.3. The van der Waals surface area contributed by atoms with Crippen LogP contribution >= 0.6 is 0 Å². The Morgan fingerprint density at radius 1 is 1.35 bits per heavy atom. The molecule has 6 nitrogen and oxygen atoms in total. The van der Waals surface area contributed by atoms with E-state index >= 15 is 0 Å². The number of benzene rings is 1. The third-order valence-corrected chi connectivity index (χ3v) is 4.09. The molecule has 0 bridgehead atoms. The van der Waals surface area contributed by atoms with Crippen LogP contribution in [0.3, 0.4) is 0 Å². The largest absolute Gasteiger partial charge is 0.377 e. The van der Waals surface area contributed by atoms with Crippen LogP contribution in [-0.4, -0.2) is 48.8 Å². The molecule has 1 heterocycles. The van der Waals surface area contributed by atoms with Crippen molar-refractivity contribution < 1.29 is 4.92 Å². The molecule has 23 heavy (non-hydrogen) atoms. The third-order valence-electron chi connectivity index (χ3n) is 4.09. The predicted octanol–water partition coefficient (Wildman–Crippen LogP) is 2.18. The molecule has 0 saturated carbocycles. The highest BCUT2D eigenvalue weighted by Gasteiger charge is 2.34. The van der Waals surface area contributed by atoms with Gasteiger partial charge in [0.05, 0.1) is 23.2 Å². The van der Waals surface area contributed by atoms with Gasteiger partial charge in [-0.1, -0.05) is 24.3 Å². The van der Waals surface area contributed by atoms with Gasteiger partial charge in [-0.3, -0.25) is 15.1 Å². The van der Waals surface area contributed by atoms with Gasteiger partial charge in [-0.05, 0) is 20.2 Å². The molecule has 0 fully saturated rings. The van der Waals surface area contributed by atoms with Crippen molar-refractivity contribution in [3.05, 3.63) is 63.9 Å². The monoisotopic (exact) mass is 312 g/mol. The molecule has 1 aliphatic heterocycles. The standard InChI is InChI=1S/C17H20N4O2/c1-20(2)10-9-18-17-13-5-3-4-6-15(13)19-16-11-12(21(22)23)7-8-14(16)17/h3-8,11,14,16,19H,9-10H2,1-2H3. The van der Waals surface area contributed by atoms with Gasteiger partial charge in [-0.25, -0.2) is 0 Å². The fourth-order valence-corrected chi connectivity index (χ4v) is 2.93. The zero-order chi connectivity index (χ0) is 16.4. The van der Waals surface area contributed by atoms with Crippen molar-refractivity contribution in [3.63, 3.8) is 0 Å². The Kier molecular flexibility index (Phi) is 4.25. The SMILES string of the molecule is CN(C)CCN=C1c2ccccc2NC2C=C([N+](=O)[O-])C=CC12. The second-order valence-electron chi connectivity index (χ2n) is 6.02. The summed E-state index contributed by atoms with van der Waals surface area (Å²) in [6, 6.07) is 7.86. The summed E-state index contributed by atoms with van der Waals surface area (Å²) in [5.74, 6) is 0.0239. The lowest BCUT2D eigenvalue weighted by atomic mass is 9.82. The van der Waals surface area contributed by atoms with Crippen LogP contribution in [0.4, 0.5) is 5.69 Å². The van der Waals surface area contributed by atoms with Crippen LogP contribution in [0.1, 0.15) is 5.56 Å². The van der Waals surface area contributed by atoms with Gasteiger partial charge in [0.15, 0.2) is 0 Å². The van der Waals surface area contributed by atoms with E-state index in [0.717, 1.165) is 23.5 Å². The van der Waals surface area contributed by atoms with Crippen LogP contribution < -0.4 is 5.32 Å². The third kappa shape index (κ3) is 3.17. The minimum Gasteiger partial charge on any atom is -0.377 e. The maximum absolute atomic E-state index is 11.0. The molecule has 0 aromatic heterocycles. The normalized spacial score (nSPS) is 24.0. The molecule has 120 valence electrons. The number of aliphatic imine (C=N–C) groups is 1. The van der Waals surface area contributed by atoms with Crippen LogP contribution in [0.2, 0.25) is 0 Å². The van der Waals surface area contributed by atoms with Crippen molar-refractivity contribution in [2.24, 2.45) is 10.9 Å². The molecular weight excluding hydrogens is 292 g/mol. The van der Waals surface area contributed by atoms with Crippen molar-refractivity contribution in [2.75, 3.05) is 32.5 Å². The van der Waals surface area contributed by atoms with Gasteiger partial charge in [0.2, 0.25) is 0 Å². The Labute approximate surface area is 135 Å². The van der Waals surface area contributed by atoms with Gasteiger partial charge in [-0.2, -0.15) is 0 Å². The number of para-hydroxylation sites is 1. The number of anilines is 1. The summed E-state index contributed by atoms with van der Waals surface area (Å²) < 4.78 is 0. The van der Waals surface area contributed by atoms with Gasteiger partial charge < -0.3 is 10.2 Å². The number of hydrogen-bond donors (Lipinski definition) is 1. The van der Waals surface area contributed by atoms with E-state index in [2.05, 4.69) is 10.2 Å². The molecule has 6 heteroatoms. The first-order chi connectivity index (χ1) is 11.1. The fourth-order valence-electron chi connectivity index (χ4n) is 2.93. The van der Waals surface area contributed by atoms with E-state index < -0.39 is 0 Å². The lowest BCUT2D eigenvalue weighted by molar-refractivity contribution is -0.419. The van der Waals surface area contributed by atoms with Gasteiger partial charge in [0.25, 0.3) is 5.70 Å². The van der Waals surface area contributed by atoms with Crippen LogP contribution in [0.25, 0.3) is 0 Å².